The van der Waals surface area contributed by atoms with Crippen LogP contribution in [-0.2, 0) is 0 Å². The van der Waals surface area contributed by atoms with E-state index in [1.54, 1.807) is 6.07 Å². The average Bonchev–Trinajstić information content (AvgIpc) is 3.24. The Bertz CT molecular complexity index is 746. The molecule has 2 aliphatic heterocycles. The van der Waals surface area contributed by atoms with E-state index in [2.05, 4.69) is 4.98 Å². The summed E-state index contributed by atoms with van der Waals surface area (Å²) in [6.07, 6.45) is 3.93. The van der Waals surface area contributed by atoms with Crippen LogP contribution >= 0.6 is 11.3 Å². The van der Waals surface area contributed by atoms with E-state index in [4.69, 9.17) is 4.42 Å². The number of aromatic nitrogens is 1. The molecule has 6 nitrogen and oxygen atoms in total. The van der Waals surface area contributed by atoms with E-state index in [9.17, 15) is 9.59 Å². The lowest BCUT2D eigenvalue weighted by atomic mass is 9.79. The number of carbonyl (C=O) groups is 2. The number of carbonyl (C=O) groups excluding carboxylic acids is 2. The van der Waals surface area contributed by atoms with Gasteiger partial charge in [0.05, 0.1) is 16.8 Å². The van der Waals surface area contributed by atoms with Gasteiger partial charge in [-0.2, -0.15) is 0 Å². The molecule has 1 spiro atoms. The van der Waals surface area contributed by atoms with Gasteiger partial charge in [0, 0.05) is 37.0 Å². The molecule has 7 heteroatoms. The summed E-state index contributed by atoms with van der Waals surface area (Å²) in [5, 5.41) is 2.72. The first kappa shape index (κ1) is 14.4. The first-order chi connectivity index (χ1) is 11.1. The smallest absolute Gasteiger partial charge is 0.273 e. The molecule has 0 radical (unpaired) electrons. The quantitative estimate of drug-likeness (QED) is 0.844. The molecule has 2 saturated heterocycles. The molecule has 0 aromatic carbocycles. The van der Waals surface area contributed by atoms with Gasteiger partial charge in [0.1, 0.15) is 12.0 Å². The minimum absolute atomic E-state index is 0.000383. The second-order valence-corrected chi connectivity index (χ2v) is 7.46. The molecule has 120 valence electrons. The third-order valence-corrected chi connectivity index (χ3v) is 5.45. The van der Waals surface area contributed by atoms with Crippen molar-refractivity contribution in [3.8, 4) is 0 Å². The van der Waals surface area contributed by atoms with E-state index < -0.39 is 0 Å². The maximum absolute atomic E-state index is 12.4. The van der Waals surface area contributed by atoms with Crippen LogP contribution in [0.25, 0.3) is 0 Å². The van der Waals surface area contributed by atoms with Gasteiger partial charge >= 0.3 is 0 Å². The van der Waals surface area contributed by atoms with E-state index in [1.807, 2.05) is 22.1 Å². The molecular formula is C16H17N3O3S. The van der Waals surface area contributed by atoms with Crippen molar-refractivity contribution in [2.45, 2.75) is 13.3 Å². The van der Waals surface area contributed by atoms with Crippen LogP contribution in [0.2, 0.25) is 0 Å². The molecule has 0 atom stereocenters. The molecule has 4 rings (SSSR count). The zero-order chi connectivity index (χ0) is 16.0. The van der Waals surface area contributed by atoms with Crippen LogP contribution in [0, 0.1) is 12.3 Å². The molecule has 2 fully saturated rings. The van der Waals surface area contributed by atoms with Crippen molar-refractivity contribution < 1.29 is 14.0 Å². The number of rotatable bonds is 2. The number of amides is 2. The number of nitrogens with zero attached hydrogens (tertiary/aromatic N) is 3. The summed E-state index contributed by atoms with van der Waals surface area (Å²) in [7, 11) is 0. The van der Waals surface area contributed by atoms with Gasteiger partial charge in [0.15, 0.2) is 0 Å². The number of hydrogen-bond donors (Lipinski definition) is 0. The maximum atomic E-state index is 12.4. The molecule has 23 heavy (non-hydrogen) atoms. The summed E-state index contributed by atoms with van der Waals surface area (Å²) in [6, 6.07) is 1.69. The van der Waals surface area contributed by atoms with Gasteiger partial charge in [0.25, 0.3) is 11.8 Å². The molecule has 0 bridgehead atoms. The highest BCUT2D eigenvalue weighted by molar-refractivity contribution is 7.09. The van der Waals surface area contributed by atoms with Crippen molar-refractivity contribution in [1.82, 2.24) is 14.8 Å². The highest BCUT2D eigenvalue weighted by Gasteiger charge is 2.50. The van der Waals surface area contributed by atoms with Gasteiger partial charge in [-0.25, -0.2) is 4.98 Å². The summed E-state index contributed by atoms with van der Waals surface area (Å²) < 4.78 is 4.98. The van der Waals surface area contributed by atoms with E-state index in [1.165, 1.54) is 23.9 Å². The highest BCUT2D eigenvalue weighted by Crippen LogP contribution is 2.40. The molecule has 2 aromatic heterocycles. The summed E-state index contributed by atoms with van der Waals surface area (Å²) >= 11 is 1.49. The van der Waals surface area contributed by atoms with E-state index in [0.29, 0.717) is 30.9 Å². The van der Waals surface area contributed by atoms with Gasteiger partial charge < -0.3 is 14.2 Å². The van der Waals surface area contributed by atoms with Crippen LogP contribution in [0.4, 0.5) is 0 Å². The fourth-order valence-corrected chi connectivity index (χ4v) is 4.05. The normalized spacial score (nSPS) is 19.2. The SMILES string of the molecule is Cc1nc(C(=O)N2CC3(CCN(C(=O)c4ccoc4)C3)C2)cs1. The molecule has 0 aliphatic carbocycles. The van der Waals surface area contributed by atoms with Crippen molar-refractivity contribution >= 4 is 23.2 Å². The Balaban J connectivity index is 1.38. The molecule has 0 saturated carbocycles. The van der Waals surface area contributed by atoms with Crippen molar-refractivity contribution in [3.05, 3.63) is 40.2 Å². The summed E-state index contributed by atoms with van der Waals surface area (Å²) in [4.78, 5) is 32.7. The molecule has 4 heterocycles. The Morgan fingerprint density at radius 1 is 1.26 bits per heavy atom. The van der Waals surface area contributed by atoms with Crippen LogP contribution < -0.4 is 0 Å². The van der Waals surface area contributed by atoms with Crippen LogP contribution in [0.3, 0.4) is 0 Å². The Kier molecular flexibility index (Phi) is 3.26. The Labute approximate surface area is 137 Å². The van der Waals surface area contributed by atoms with Crippen LogP contribution in [0.1, 0.15) is 32.3 Å². The standard InChI is InChI=1S/C16H17N3O3S/c1-11-17-13(7-23-11)15(21)19-9-16(10-19)3-4-18(8-16)14(20)12-2-5-22-6-12/h2,5-7H,3-4,8-10H2,1H3. The van der Waals surface area contributed by atoms with Gasteiger partial charge in [0.2, 0.25) is 0 Å². The van der Waals surface area contributed by atoms with Gasteiger partial charge in [-0.15, -0.1) is 11.3 Å². The summed E-state index contributed by atoms with van der Waals surface area (Å²) in [6.45, 7) is 4.75. The lowest BCUT2D eigenvalue weighted by Gasteiger charge is -2.47. The van der Waals surface area contributed by atoms with Crippen LogP contribution in [-0.4, -0.2) is 52.8 Å². The van der Waals surface area contributed by atoms with E-state index >= 15 is 0 Å². The lowest BCUT2D eigenvalue weighted by molar-refractivity contribution is 0.0106. The van der Waals surface area contributed by atoms with Crippen molar-refractivity contribution in [3.63, 3.8) is 0 Å². The largest absolute Gasteiger partial charge is 0.472 e. The fraction of sp³-hybridized carbons (Fsp3) is 0.438. The fourth-order valence-electron chi connectivity index (χ4n) is 3.47. The predicted molar refractivity (Wildman–Crippen MR) is 84.4 cm³/mol. The minimum atomic E-state index is -0.000383. The van der Waals surface area contributed by atoms with Crippen molar-refractivity contribution in [2.75, 3.05) is 26.2 Å². The van der Waals surface area contributed by atoms with Crippen molar-refractivity contribution in [1.29, 1.82) is 0 Å². The topological polar surface area (TPSA) is 66.7 Å². The molecular weight excluding hydrogens is 314 g/mol. The Morgan fingerprint density at radius 2 is 2.04 bits per heavy atom. The molecule has 2 amide bonds. The third-order valence-electron chi connectivity index (χ3n) is 4.67. The lowest BCUT2D eigenvalue weighted by Crippen LogP contribution is -2.59. The van der Waals surface area contributed by atoms with Crippen LogP contribution in [0.5, 0.6) is 0 Å². The number of likely N-dealkylation sites (tertiary alicyclic amines) is 2. The number of aryl methyl sites for hydroxylation is 1. The highest BCUT2D eigenvalue weighted by atomic mass is 32.1. The maximum Gasteiger partial charge on any atom is 0.273 e. The summed E-state index contributed by atoms with van der Waals surface area (Å²) in [5.41, 5.74) is 1.18. The predicted octanol–water partition coefficient (Wildman–Crippen LogP) is 2.03. The average molecular weight is 331 g/mol. The van der Waals surface area contributed by atoms with Gasteiger partial charge in [-0.1, -0.05) is 0 Å². The first-order valence-electron chi connectivity index (χ1n) is 7.59. The monoisotopic (exact) mass is 331 g/mol. The van der Waals surface area contributed by atoms with E-state index in [0.717, 1.165) is 18.0 Å². The van der Waals surface area contributed by atoms with Crippen LogP contribution in [0.15, 0.2) is 28.4 Å². The number of furan rings is 1. The zero-order valence-corrected chi connectivity index (χ0v) is 13.6. The number of thiazole rings is 1. The molecule has 0 N–H and O–H groups in total. The van der Waals surface area contributed by atoms with Crippen molar-refractivity contribution in [2.24, 2.45) is 5.41 Å². The molecule has 2 aliphatic rings. The molecule has 2 aromatic rings. The second-order valence-electron chi connectivity index (χ2n) is 6.40. The third kappa shape index (κ3) is 2.45. The molecule has 0 unspecified atom stereocenters. The Morgan fingerprint density at radius 3 is 2.70 bits per heavy atom. The zero-order valence-electron chi connectivity index (χ0n) is 12.8. The second kappa shape index (κ2) is 5.19. The van der Waals surface area contributed by atoms with Gasteiger partial charge in [-0.05, 0) is 19.4 Å². The summed E-state index contributed by atoms with van der Waals surface area (Å²) in [5.74, 6) is 0.00936. The number of hydrogen-bond acceptors (Lipinski definition) is 5. The Hall–Kier alpha value is -2.15. The van der Waals surface area contributed by atoms with E-state index in [-0.39, 0.29) is 17.2 Å². The minimum Gasteiger partial charge on any atom is -0.472 e. The first-order valence-corrected chi connectivity index (χ1v) is 8.47. The van der Waals surface area contributed by atoms with Gasteiger partial charge in [-0.3, -0.25) is 9.59 Å².